The fourth-order valence-electron chi connectivity index (χ4n) is 0.861. The van der Waals surface area contributed by atoms with Crippen molar-refractivity contribution in [3.63, 3.8) is 0 Å². The van der Waals surface area contributed by atoms with Crippen LogP contribution < -0.4 is 0 Å². The van der Waals surface area contributed by atoms with Crippen LogP contribution in [0.4, 0.5) is 0 Å². The van der Waals surface area contributed by atoms with Crippen molar-refractivity contribution in [2.75, 3.05) is 6.61 Å². The van der Waals surface area contributed by atoms with Gasteiger partial charge in [-0.1, -0.05) is 6.92 Å². The largest absolute Gasteiger partial charge is 0.379 e. The molecule has 0 bridgehead atoms. The Hall–Kier alpha value is -0.370. The molecule has 0 fully saturated rings. The molecule has 0 spiro atoms. The van der Waals surface area contributed by atoms with Crippen molar-refractivity contribution in [1.82, 2.24) is 0 Å². The zero-order chi connectivity index (χ0) is 7.82. The van der Waals surface area contributed by atoms with Crippen LogP contribution >= 0.6 is 0 Å². The molecule has 0 aliphatic rings. The second kappa shape index (κ2) is 6.75. The van der Waals surface area contributed by atoms with Crippen LogP contribution in [0, 0.1) is 0 Å². The number of ether oxygens (including phenoxy) is 1. The molecule has 2 heteroatoms. The monoisotopic (exact) mass is 143 g/mol. The van der Waals surface area contributed by atoms with E-state index in [0.29, 0.717) is 6.42 Å². The van der Waals surface area contributed by atoms with Crippen LogP contribution in [0.5, 0.6) is 0 Å². The van der Waals surface area contributed by atoms with Gasteiger partial charge in [0.1, 0.15) is 0 Å². The van der Waals surface area contributed by atoms with E-state index in [2.05, 4.69) is 6.92 Å². The molecule has 0 amide bonds. The maximum atomic E-state index is 9.85. The Labute approximate surface area is 62.6 Å². The van der Waals surface area contributed by atoms with Crippen LogP contribution in [0.15, 0.2) is 0 Å². The standard InChI is InChI=1S/C8H15O2/c1-3-8(10-4-2)6-5-7-9/h8H,3-6H2,1-2H3. The first kappa shape index (κ1) is 9.63. The van der Waals surface area contributed by atoms with Crippen molar-refractivity contribution < 1.29 is 9.53 Å². The maximum Gasteiger partial charge on any atom is 0.198 e. The number of hydrogen-bond donors (Lipinski definition) is 0. The van der Waals surface area contributed by atoms with Gasteiger partial charge in [-0.05, 0) is 19.8 Å². The highest BCUT2D eigenvalue weighted by atomic mass is 16.5. The summed E-state index contributed by atoms with van der Waals surface area (Å²) in [6, 6.07) is 0. The Kier molecular flexibility index (Phi) is 6.50. The van der Waals surface area contributed by atoms with Gasteiger partial charge in [0.05, 0.1) is 6.10 Å². The topological polar surface area (TPSA) is 26.3 Å². The number of carbonyl (C=O) groups excluding carboxylic acids is 1. The SMILES string of the molecule is CCOC(CC)CC[C]=O. The van der Waals surface area contributed by atoms with Gasteiger partial charge in [0.2, 0.25) is 0 Å². The van der Waals surface area contributed by atoms with Gasteiger partial charge >= 0.3 is 0 Å². The minimum Gasteiger partial charge on any atom is -0.379 e. The molecule has 1 radical (unpaired) electrons. The molecule has 1 atom stereocenters. The summed E-state index contributed by atoms with van der Waals surface area (Å²) in [5.74, 6) is 0. The van der Waals surface area contributed by atoms with Gasteiger partial charge in [0.15, 0.2) is 6.29 Å². The molecule has 0 saturated carbocycles. The predicted molar refractivity (Wildman–Crippen MR) is 40.6 cm³/mol. The highest BCUT2D eigenvalue weighted by Gasteiger charge is 2.03. The minimum atomic E-state index is 0.256. The van der Waals surface area contributed by atoms with E-state index in [0.717, 1.165) is 19.4 Å². The Balaban J connectivity index is 3.29. The molecule has 0 aromatic rings. The summed E-state index contributed by atoms with van der Waals surface area (Å²) in [4.78, 5) is 9.85. The average Bonchev–Trinajstić information content (AvgIpc) is 1.98. The Morgan fingerprint density at radius 2 is 2.20 bits per heavy atom. The molecule has 0 rings (SSSR count). The van der Waals surface area contributed by atoms with Crippen molar-refractivity contribution in [3.05, 3.63) is 0 Å². The summed E-state index contributed by atoms with van der Waals surface area (Å²) in [6.07, 6.45) is 4.41. The summed E-state index contributed by atoms with van der Waals surface area (Å²) in [7, 11) is 0. The van der Waals surface area contributed by atoms with Gasteiger partial charge in [-0.2, -0.15) is 0 Å². The van der Waals surface area contributed by atoms with Crippen molar-refractivity contribution in [2.24, 2.45) is 0 Å². The van der Waals surface area contributed by atoms with Crippen LogP contribution in [0.2, 0.25) is 0 Å². The van der Waals surface area contributed by atoms with E-state index in [1.807, 2.05) is 13.2 Å². The molecular weight excluding hydrogens is 128 g/mol. The van der Waals surface area contributed by atoms with Crippen LogP contribution in [-0.4, -0.2) is 19.0 Å². The van der Waals surface area contributed by atoms with Crippen molar-refractivity contribution in [2.45, 2.75) is 39.2 Å². The van der Waals surface area contributed by atoms with E-state index < -0.39 is 0 Å². The van der Waals surface area contributed by atoms with Gasteiger partial charge in [-0.25, -0.2) is 0 Å². The van der Waals surface area contributed by atoms with E-state index in [1.54, 1.807) is 0 Å². The van der Waals surface area contributed by atoms with Gasteiger partial charge in [0.25, 0.3) is 0 Å². The first-order chi connectivity index (χ1) is 4.85. The minimum absolute atomic E-state index is 0.256. The summed E-state index contributed by atoms with van der Waals surface area (Å²) < 4.78 is 5.31. The molecule has 0 aliphatic heterocycles. The zero-order valence-corrected chi connectivity index (χ0v) is 6.72. The maximum absolute atomic E-state index is 9.85. The van der Waals surface area contributed by atoms with E-state index in [1.165, 1.54) is 0 Å². The molecule has 0 aromatic heterocycles. The third-order valence-corrected chi connectivity index (χ3v) is 1.43. The van der Waals surface area contributed by atoms with Crippen LogP contribution in [0.3, 0.4) is 0 Å². The second-order valence-electron chi connectivity index (χ2n) is 2.17. The summed E-state index contributed by atoms with van der Waals surface area (Å²) >= 11 is 0. The number of rotatable bonds is 6. The van der Waals surface area contributed by atoms with Gasteiger partial charge in [0, 0.05) is 13.0 Å². The van der Waals surface area contributed by atoms with E-state index in [4.69, 9.17) is 4.74 Å². The Morgan fingerprint density at radius 1 is 1.50 bits per heavy atom. The molecule has 2 nitrogen and oxygen atoms in total. The fourth-order valence-corrected chi connectivity index (χ4v) is 0.861. The lowest BCUT2D eigenvalue weighted by Gasteiger charge is -2.11. The summed E-state index contributed by atoms with van der Waals surface area (Å²) in [5.41, 5.74) is 0. The highest BCUT2D eigenvalue weighted by Crippen LogP contribution is 2.04. The summed E-state index contributed by atoms with van der Waals surface area (Å²) in [5, 5.41) is 0. The third kappa shape index (κ3) is 4.50. The first-order valence-corrected chi connectivity index (χ1v) is 3.81. The van der Waals surface area contributed by atoms with Crippen molar-refractivity contribution in [1.29, 1.82) is 0 Å². The number of hydrogen-bond acceptors (Lipinski definition) is 2. The summed E-state index contributed by atoms with van der Waals surface area (Å²) in [6.45, 7) is 4.76. The molecular formula is C8H15O2. The zero-order valence-electron chi connectivity index (χ0n) is 6.72. The van der Waals surface area contributed by atoms with Gasteiger partial charge < -0.3 is 4.74 Å². The van der Waals surface area contributed by atoms with E-state index in [-0.39, 0.29) is 6.10 Å². The molecule has 59 valence electrons. The second-order valence-corrected chi connectivity index (χ2v) is 2.17. The molecule has 0 N–H and O–H groups in total. The van der Waals surface area contributed by atoms with Gasteiger partial charge in [-0.15, -0.1) is 0 Å². The smallest absolute Gasteiger partial charge is 0.198 e. The van der Waals surface area contributed by atoms with Crippen molar-refractivity contribution in [3.8, 4) is 0 Å². The molecule has 0 saturated heterocycles. The van der Waals surface area contributed by atoms with Crippen LogP contribution in [0.25, 0.3) is 0 Å². The first-order valence-electron chi connectivity index (χ1n) is 3.81. The van der Waals surface area contributed by atoms with Crippen LogP contribution in [0.1, 0.15) is 33.1 Å². The van der Waals surface area contributed by atoms with E-state index in [9.17, 15) is 4.79 Å². The molecule has 0 heterocycles. The lowest BCUT2D eigenvalue weighted by atomic mass is 10.1. The molecule has 0 aliphatic carbocycles. The third-order valence-electron chi connectivity index (χ3n) is 1.43. The molecule has 10 heavy (non-hydrogen) atoms. The van der Waals surface area contributed by atoms with Crippen molar-refractivity contribution >= 4 is 6.29 Å². The predicted octanol–water partition coefficient (Wildman–Crippen LogP) is 1.69. The van der Waals surface area contributed by atoms with Gasteiger partial charge in [-0.3, -0.25) is 4.79 Å². The van der Waals surface area contributed by atoms with E-state index >= 15 is 0 Å². The Bertz CT molecular complexity index is 81.3. The quantitative estimate of drug-likeness (QED) is 0.565. The average molecular weight is 143 g/mol. The van der Waals surface area contributed by atoms with Crippen LogP contribution in [-0.2, 0) is 9.53 Å². The lowest BCUT2D eigenvalue weighted by molar-refractivity contribution is 0.0556. The molecule has 0 aromatic carbocycles. The highest BCUT2D eigenvalue weighted by molar-refractivity contribution is 5.50. The fraction of sp³-hybridized carbons (Fsp3) is 0.875. The normalized spacial score (nSPS) is 13.0. The Morgan fingerprint density at radius 3 is 2.60 bits per heavy atom. The lowest BCUT2D eigenvalue weighted by Crippen LogP contribution is -2.11. The molecule has 1 unspecified atom stereocenters.